The van der Waals surface area contributed by atoms with Gasteiger partial charge in [0, 0.05) is 32.6 Å². The number of nitrogens with two attached hydrogens (primary N) is 1. The minimum absolute atomic E-state index is 0.241. The lowest BCUT2D eigenvalue weighted by Gasteiger charge is -2.06. The summed E-state index contributed by atoms with van der Waals surface area (Å²) in [5.41, 5.74) is 8.87. The van der Waals surface area contributed by atoms with Crippen molar-refractivity contribution in [2.45, 2.75) is 25.8 Å². The van der Waals surface area contributed by atoms with E-state index in [4.69, 9.17) is 5.73 Å². The molecule has 0 amide bonds. The Bertz CT molecular complexity index is 560. The maximum absolute atomic E-state index is 12.0. The summed E-state index contributed by atoms with van der Waals surface area (Å²) in [7, 11) is 1.88. The van der Waals surface area contributed by atoms with Gasteiger partial charge < -0.3 is 5.73 Å². The summed E-state index contributed by atoms with van der Waals surface area (Å²) < 4.78 is 1.75. The molecule has 1 aromatic heterocycles. The average molecular weight is 257 g/mol. The topological polar surface area (TPSA) is 60.9 Å². The number of aromatic nitrogens is 2. The number of ketones is 1. The SMILES string of the molecule is Cn1cc(CCC(=O)Cc2ccccc2CN)cn1. The van der Waals surface area contributed by atoms with Gasteiger partial charge in [0.1, 0.15) is 5.78 Å². The number of nitrogens with zero attached hydrogens (tertiary/aromatic N) is 2. The Morgan fingerprint density at radius 1 is 1.32 bits per heavy atom. The molecule has 0 saturated heterocycles. The lowest BCUT2D eigenvalue weighted by atomic mass is 9.99. The van der Waals surface area contributed by atoms with Gasteiger partial charge in [0.15, 0.2) is 0 Å². The van der Waals surface area contributed by atoms with Crippen LogP contribution in [0.15, 0.2) is 36.7 Å². The van der Waals surface area contributed by atoms with Crippen LogP contribution in [0.25, 0.3) is 0 Å². The molecule has 0 saturated carbocycles. The van der Waals surface area contributed by atoms with Crippen LogP contribution in [-0.2, 0) is 31.2 Å². The van der Waals surface area contributed by atoms with Crippen LogP contribution in [0.4, 0.5) is 0 Å². The molecule has 1 aromatic carbocycles. The van der Waals surface area contributed by atoms with Gasteiger partial charge in [-0.1, -0.05) is 24.3 Å². The number of hydrogen-bond donors (Lipinski definition) is 1. The molecule has 19 heavy (non-hydrogen) atoms. The quantitative estimate of drug-likeness (QED) is 0.855. The van der Waals surface area contributed by atoms with E-state index in [0.29, 0.717) is 19.4 Å². The lowest BCUT2D eigenvalue weighted by Crippen LogP contribution is -2.08. The van der Waals surface area contributed by atoms with Crippen molar-refractivity contribution < 1.29 is 4.79 Å². The van der Waals surface area contributed by atoms with Crippen LogP contribution in [0.2, 0.25) is 0 Å². The summed E-state index contributed by atoms with van der Waals surface area (Å²) in [6, 6.07) is 7.85. The third-order valence-corrected chi connectivity index (χ3v) is 3.18. The van der Waals surface area contributed by atoms with Gasteiger partial charge in [0.05, 0.1) is 6.20 Å². The molecular weight excluding hydrogens is 238 g/mol. The molecule has 0 aliphatic carbocycles. The summed E-state index contributed by atoms with van der Waals surface area (Å²) in [4.78, 5) is 12.0. The fourth-order valence-corrected chi connectivity index (χ4v) is 2.11. The van der Waals surface area contributed by atoms with Crippen LogP contribution < -0.4 is 5.73 Å². The number of carbonyl (C=O) groups excluding carboxylic acids is 1. The number of Topliss-reactive ketones (excluding diaryl/α,β-unsaturated/α-hetero) is 1. The molecule has 0 aliphatic heterocycles. The summed E-state index contributed by atoms with van der Waals surface area (Å²) in [6.07, 6.45) is 5.51. The number of aryl methyl sites for hydroxylation is 2. The van der Waals surface area contributed by atoms with Gasteiger partial charge in [-0.15, -0.1) is 0 Å². The first-order valence-electron chi connectivity index (χ1n) is 6.45. The van der Waals surface area contributed by atoms with Gasteiger partial charge in [0.2, 0.25) is 0 Å². The Hall–Kier alpha value is -1.94. The Balaban J connectivity index is 1.90. The van der Waals surface area contributed by atoms with Crippen molar-refractivity contribution in [2.24, 2.45) is 12.8 Å². The predicted octanol–water partition coefficient (Wildman–Crippen LogP) is 1.62. The predicted molar refractivity (Wildman–Crippen MR) is 74.6 cm³/mol. The molecule has 0 radical (unpaired) electrons. The highest BCUT2D eigenvalue weighted by atomic mass is 16.1. The number of hydrogen-bond acceptors (Lipinski definition) is 3. The van der Waals surface area contributed by atoms with Crippen LogP contribution in [0.3, 0.4) is 0 Å². The third kappa shape index (κ3) is 3.76. The van der Waals surface area contributed by atoms with Crippen molar-refractivity contribution >= 4 is 5.78 Å². The van der Waals surface area contributed by atoms with Gasteiger partial charge in [-0.25, -0.2) is 0 Å². The molecule has 0 aliphatic rings. The Morgan fingerprint density at radius 2 is 2.05 bits per heavy atom. The van der Waals surface area contributed by atoms with E-state index in [1.165, 1.54) is 0 Å². The minimum atomic E-state index is 0.241. The summed E-state index contributed by atoms with van der Waals surface area (Å²) in [5.74, 6) is 0.241. The van der Waals surface area contributed by atoms with E-state index in [2.05, 4.69) is 5.10 Å². The molecule has 2 rings (SSSR count). The van der Waals surface area contributed by atoms with Crippen molar-refractivity contribution in [1.29, 1.82) is 0 Å². The fraction of sp³-hybridized carbons (Fsp3) is 0.333. The zero-order valence-electron chi connectivity index (χ0n) is 11.2. The molecule has 0 atom stereocenters. The Kier molecular flexibility index (Phi) is 4.47. The lowest BCUT2D eigenvalue weighted by molar-refractivity contribution is -0.118. The maximum atomic E-state index is 12.0. The van der Waals surface area contributed by atoms with Crippen LogP contribution in [0.5, 0.6) is 0 Å². The van der Waals surface area contributed by atoms with E-state index in [1.54, 1.807) is 10.9 Å². The summed E-state index contributed by atoms with van der Waals surface area (Å²) in [6.45, 7) is 0.478. The van der Waals surface area contributed by atoms with Crippen molar-refractivity contribution in [3.05, 3.63) is 53.3 Å². The van der Waals surface area contributed by atoms with E-state index in [1.807, 2.05) is 37.5 Å². The average Bonchev–Trinajstić information content (AvgIpc) is 2.83. The Morgan fingerprint density at radius 3 is 2.68 bits per heavy atom. The Labute approximate surface area is 113 Å². The summed E-state index contributed by atoms with van der Waals surface area (Å²) >= 11 is 0. The zero-order valence-corrected chi connectivity index (χ0v) is 11.2. The normalized spacial score (nSPS) is 10.6. The highest BCUT2D eigenvalue weighted by Crippen LogP contribution is 2.11. The van der Waals surface area contributed by atoms with E-state index in [9.17, 15) is 4.79 Å². The van der Waals surface area contributed by atoms with Gasteiger partial charge in [-0.2, -0.15) is 5.10 Å². The van der Waals surface area contributed by atoms with Crippen LogP contribution in [0, 0.1) is 0 Å². The molecule has 0 fully saturated rings. The van der Waals surface area contributed by atoms with Crippen LogP contribution in [-0.4, -0.2) is 15.6 Å². The van der Waals surface area contributed by atoms with Crippen LogP contribution in [0.1, 0.15) is 23.1 Å². The van der Waals surface area contributed by atoms with Gasteiger partial charge in [-0.05, 0) is 23.1 Å². The molecule has 0 unspecified atom stereocenters. The first kappa shape index (κ1) is 13.5. The maximum Gasteiger partial charge on any atom is 0.137 e. The van der Waals surface area contributed by atoms with E-state index in [0.717, 1.165) is 23.1 Å². The molecule has 2 aromatic rings. The second-order valence-electron chi connectivity index (χ2n) is 4.71. The minimum Gasteiger partial charge on any atom is -0.326 e. The first-order chi connectivity index (χ1) is 9.19. The molecule has 2 N–H and O–H groups in total. The van der Waals surface area contributed by atoms with E-state index < -0.39 is 0 Å². The molecule has 1 heterocycles. The molecular formula is C15H19N3O. The largest absolute Gasteiger partial charge is 0.326 e. The van der Waals surface area contributed by atoms with Gasteiger partial charge in [0.25, 0.3) is 0 Å². The van der Waals surface area contributed by atoms with Crippen molar-refractivity contribution in [3.8, 4) is 0 Å². The molecule has 100 valence electrons. The highest BCUT2D eigenvalue weighted by molar-refractivity contribution is 5.81. The number of benzene rings is 1. The van der Waals surface area contributed by atoms with E-state index in [-0.39, 0.29) is 5.78 Å². The monoisotopic (exact) mass is 257 g/mol. The second kappa shape index (κ2) is 6.29. The molecule has 4 nitrogen and oxygen atoms in total. The van der Waals surface area contributed by atoms with Crippen molar-refractivity contribution in [1.82, 2.24) is 9.78 Å². The highest BCUT2D eigenvalue weighted by Gasteiger charge is 2.08. The third-order valence-electron chi connectivity index (χ3n) is 3.18. The fourth-order valence-electron chi connectivity index (χ4n) is 2.11. The molecule has 0 spiro atoms. The number of carbonyl (C=O) groups is 1. The second-order valence-corrected chi connectivity index (χ2v) is 4.71. The first-order valence-corrected chi connectivity index (χ1v) is 6.45. The smallest absolute Gasteiger partial charge is 0.137 e. The van der Waals surface area contributed by atoms with E-state index >= 15 is 0 Å². The zero-order chi connectivity index (χ0) is 13.7. The standard InChI is InChI=1S/C15H19N3O/c1-18-11-12(10-17-18)6-7-15(19)8-13-4-2-3-5-14(13)9-16/h2-5,10-11H,6-9,16H2,1H3. The number of rotatable bonds is 6. The molecule has 4 heteroatoms. The summed E-state index contributed by atoms with van der Waals surface area (Å²) in [5, 5.41) is 4.09. The van der Waals surface area contributed by atoms with Crippen molar-refractivity contribution in [3.63, 3.8) is 0 Å². The van der Waals surface area contributed by atoms with Crippen LogP contribution >= 0.6 is 0 Å². The molecule has 0 bridgehead atoms. The van der Waals surface area contributed by atoms with Gasteiger partial charge in [-0.3, -0.25) is 9.48 Å². The van der Waals surface area contributed by atoms with Gasteiger partial charge >= 0.3 is 0 Å². The van der Waals surface area contributed by atoms with Crippen molar-refractivity contribution in [2.75, 3.05) is 0 Å².